The first-order chi connectivity index (χ1) is 32.1. The number of hydrogen-bond acceptors (Lipinski definition) is 4. The Labute approximate surface area is 328 Å². The van der Waals surface area contributed by atoms with Gasteiger partial charge in [0.15, 0.2) is 17.5 Å². The molecule has 0 radical (unpaired) electrons. The average molecular weight is 704 g/mol. The van der Waals surface area contributed by atoms with Crippen LogP contribution in [0.2, 0.25) is 0 Å². The van der Waals surface area contributed by atoms with Crippen LogP contribution in [-0.4, -0.2) is 19.5 Å². The van der Waals surface area contributed by atoms with Crippen LogP contribution in [0.1, 0.15) is 17.8 Å². The fourth-order valence-electron chi connectivity index (χ4n) is 7.07. The highest BCUT2D eigenvalue weighted by molar-refractivity contribution is 6.21. The molecule has 0 unspecified atom stereocenters. The van der Waals surface area contributed by atoms with Crippen molar-refractivity contribution in [3.63, 3.8) is 0 Å². The summed E-state index contributed by atoms with van der Waals surface area (Å²) >= 11 is 0. The van der Waals surface area contributed by atoms with Gasteiger partial charge in [-0.15, -0.1) is 0 Å². The number of aromatic nitrogens is 4. The summed E-state index contributed by atoms with van der Waals surface area (Å²) in [6, 6.07) is 24.4. The van der Waals surface area contributed by atoms with Crippen molar-refractivity contribution < 1.29 is 22.2 Å². The van der Waals surface area contributed by atoms with E-state index in [4.69, 9.17) is 33.1 Å². The highest BCUT2D eigenvalue weighted by Crippen LogP contribution is 2.43. The van der Waals surface area contributed by atoms with Gasteiger partial charge in [0.1, 0.15) is 11.2 Å². The fraction of sp³-hybridized carbons (Fsp3) is 0. The Kier molecular flexibility index (Phi) is 4.49. The lowest BCUT2D eigenvalue weighted by molar-refractivity contribution is 0.670. The molecule has 0 aliphatic carbocycles. The van der Waals surface area contributed by atoms with Crippen LogP contribution in [0.15, 0.2) is 186 Å². The van der Waals surface area contributed by atoms with Gasteiger partial charge in [-0.3, -0.25) is 0 Å². The first kappa shape index (κ1) is 20.0. The van der Waals surface area contributed by atoms with Crippen LogP contribution in [0, 0.1) is 0 Å². The second kappa shape index (κ2) is 12.1. The maximum absolute atomic E-state index is 9.55. The van der Waals surface area contributed by atoms with Crippen LogP contribution >= 0.6 is 0 Å². The van der Waals surface area contributed by atoms with Crippen molar-refractivity contribution in [2.24, 2.45) is 0 Å². The molecule has 0 atom stereocenters. The summed E-state index contributed by atoms with van der Waals surface area (Å²) in [6.45, 7) is 0. The van der Waals surface area contributed by atoms with Crippen molar-refractivity contribution in [3.8, 4) is 51.0 Å². The largest absolute Gasteiger partial charge is 0.455 e. The maximum Gasteiger partial charge on any atom is 0.164 e. The lowest BCUT2D eigenvalue weighted by Gasteiger charge is -2.16. The molecule has 11 aromatic rings. The minimum atomic E-state index is -0.548. The molecule has 0 saturated heterocycles. The molecule has 0 aliphatic rings. The van der Waals surface area contributed by atoms with Crippen molar-refractivity contribution in [2.45, 2.75) is 0 Å². The number of fused-ring (bicyclic) bond motifs is 8. The molecule has 0 saturated carbocycles. The molecular formula is C49H30N4O. The summed E-state index contributed by atoms with van der Waals surface area (Å²) in [5, 5.41) is 0.0803. The topological polar surface area (TPSA) is 56.7 Å². The zero-order valence-electron chi connectivity index (χ0n) is 41.0. The number of nitrogens with zero attached hydrogens (tertiary/aromatic N) is 4. The third-order valence-electron chi connectivity index (χ3n) is 9.49. The number of furan rings is 1. The summed E-state index contributed by atoms with van der Waals surface area (Å²) in [5.74, 6) is 0.957. The zero-order valence-corrected chi connectivity index (χ0v) is 28.0. The molecule has 0 amide bonds. The van der Waals surface area contributed by atoms with E-state index in [1.54, 1.807) is 18.2 Å². The molecule has 5 heteroatoms. The third-order valence-corrected chi connectivity index (χ3v) is 9.49. The summed E-state index contributed by atoms with van der Waals surface area (Å²) in [7, 11) is 0. The van der Waals surface area contributed by atoms with E-state index in [0.717, 1.165) is 0 Å². The van der Waals surface area contributed by atoms with E-state index in [-0.39, 0.29) is 132 Å². The molecule has 11 rings (SSSR count). The van der Waals surface area contributed by atoms with Gasteiger partial charge in [-0.1, -0.05) is 145 Å². The summed E-state index contributed by atoms with van der Waals surface area (Å²) in [4.78, 5) is 14.7. The predicted octanol–water partition coefficient (Wildman–Crippen LogP) is 12.7. The van der Waals surface area contributed by atoms with Gasteiger partial charge in [0.05, 0.1) is 34.5 Å². The molecule has 0 spiro atoms. The number of para-hydroxylation sites is 3. The van der Waals surface area contributed by atoms with Crippen LogP contribution in [-0.2, 0) is 0 Å². The first-order valence-electron chi connectivity index (χ1n) is 23.5. The fourth-order valence-corrected chi connectivity index (χ4v) is 7.07. The summed E-state index contributed by atoms with van der Waals surface area (Å²) in [5.41, 5.74) is 2.50. The molecule has 3 aromatic heterocycles. The molecule has 0 fully saturated rings. The van der Waals surface area contributed by atoms with E-state index in [9.17, 15) is 4.11 Å². The van der Waals surface area contributed by atoms with Crippen molar-refractivity contribution in [2.75, 3.05) is 0 Å². The molecule has 0 N–H and O–H groups in total. The van der Waals surface area contributed by atoms with Crippen molar-refractivity contribution in [1.82, 2.24) is 19.5 Å². The monoisotopic (exact) mass is 703 g/mol. The highest BCUT2D eigenvalue weighted by Gasteiger charge is 2.22. The SMILES string of the molecule is [2H]c1cc([2H])c2oc3c(-c4cc(-c5nc(-c6ccccc6)nc(-c6ccccc6)n5)ccc4-n4c5c([2H])cc([2H])c([2H])c5c5c6c([2H])c([2H])c([2H])c([2H])c6cc([2H])c54)cc([2H])c([2H])c3c2c1[2H]. The van der Waals surface area contributed by atoms with Crippen molar-refractivity contribution in [3.05, 3.63) is 182 Å². The Hall–Kier alpha value is -7.37. The average Bonchev–Trinajstić information content (AvgIpc) is 3.92. The predicted molar refractivity (Wildman–Crippen MR) is 221 cm³/mol. The van der Waals surface area contributed by atoms with Gasteiger partial charge in [0, 0.05) is 49.4 Å². The molecular weight excluding hydrogens is 661 g/mol. The van der Waals surface area contributed by atoms with E-state index in [2.05, 4.69) is 0 Å². The van der Waals surface area contributed by atoms with Gasteiger partial charge in [-0.25, -0.2) is 15.0 Å². The van der Waals surface area contributed by atoms with Crippen LogP contribution < -0.4 is 0 Å². The Morgan fingerprint density at radius 3 is 1.91 bits per heavy atom. The van der Waals surface area contributed by atoms with E-state index < -0.39 is 24.2 Å². The molecule has 5 nitrogen and oxygen atoms in total. The van der Waals surface area contributed by atoms with E-state index >= 15 is 0 Å². The molecule has 8 aromatic carbocycles. The van der Waals surface area contributed by atoms with Gasteiger partial charge < -0.3 is 8.98 Å². The Morgan fingerprint density at radius 2 is 1.13 bits per heavy atom. The smallest absolute Gasteiger partial charge is 0.164 e. The first-order valence-corrected chi connectivity index (χ1v) is 17.0. The maximum atomic E-state index is 9.55. The van der Waals surface area contributed by atoms with Crippen LogP contribution in [0.5, 0.6) is 0 Å². The van der Waals surface area contributed by atoms with Gasteiger partial charge in [0.25, 0.3) is 0 Å². The van der Waals surface area contributed by atoms with Gasteiger partial charge in [0.2, 0.25) is 0 Å². The van der Waals surface area contributed by atoms with Crippen molar-refractivity contribution >= 4 is 54.5 Å². The van der Waals surface area contributed by atoms with Gasteiger partial charge in [-0.05, 0) is 47.1 Å². The molecule has 0 aliphatic heterocycles. The lowest BCUT2D eigenvalue weighted by Crippen LogP contribution is -2.02. The number of hydrogen-bond donors (Lipinski definition) is 0. The molecule has 54 heavy (non-hydrogen) atoms. The number of rotatable bonds is 5. The van der Waals surface area contributed by atoms with Crippen LogP contribution in [0.25, 0.3) is 105 Å². The second-order valence-corrected chi connectivity index (χ2v) is 12.6. The van der Waals surface area contributed by atoms with Gasteiger partial charge >= 0.3 is 0 Å². The minimum absolute atomic E-state index is 0.000234. The highest BCUT2D eigenvalue weighted by atomic mass is 16.3. The Balaban J connectivity index is 1.33. The third kappa shape index (κ3) is 4.76. The van der Waals surface area contributed by atoms with E-state index in [0.29, 0.717) is 28.3 Å². The normalized spacial score (nSPS) is 15.1. The lowest BCUT2D eigenvalue weighted by atomic mass is 9.97. The summed E-state index contributed by atoms with van der Waals surface area (Å²) < 4.78 is 124. The zero-order chi connectivity index (χ0) is 46.9. The van der Waals surface area contributed by atoms with Crippen LogP contribution in [0.3, 0.4) is 0 Å². The second-order valence-electron chi connectivity index (χ2n) is 12.6. The quantitative estimate of drug-likeness (QED) is 0.179. The van der Waals surface area contributed by atoms with Crippen molar-refractivity contribution in [1.29, 1.82) is 0 Å². The van der Waals surface area contributed by atoms with E-state index in [1.807, 2.05) is 60.7 Å². The number of benzene rings is 8. The van der Waals surface area contributed by atoms with E-state index in [1.165, 1.54) is 28.8 Å². The van der Waals surface area contributed by atoms with Crippen LogP contribution in [0.4, 0.5) is 0 Å². The molecule has 3 heterocycles. The molecule has 0 bridgehead atoms. The summed E-state index contributed by atoms with van der Waals surface area (Å²) in [6.07, 6.45) is 0. The minimum Gasteiger partial charge on any atom is -0.455 e. The standard InChI is InChI=1S/C49H30N4O/c1-3-15-32(16-4-1)47-50-48(33-17-5-2-6-18-33)52-49(51-47)34-27-28-42(40(30-34)38-23-13-22-37-36-20-10-12-25-44(36)54-46(37)38)53-41-24-11-9-21-39(41)45-35-19-8-7-14-31(35)26-29-43(45)53/h1-30H/i7D,8D,9D,10D,13D,14D,19D,20D,21D,22D,24D,25D,29D. The molecule has 252 valence electrons. The van der Waals surface area contributed by atoms with Gasteiger partial charge in [-0.2, -0.15) is 0 Å². The Bertz CT molecular complexity index is 3910. The Morgan fingerprint density at radius 1 is 0.463 bits per heavy atom.